The molecule has 1 fully saturated rings. The molecule has 0 aromatic heterocycles. The Bertz CT molecular complexity index is 785. The van der Waals surface area contributed by atoms with Crippen LogP contribution in [0.1, 0.15) is 33.5 Å². The molecule has 26 heavy (non-hydrogen) atoms. The van der Waals surface area contributed by atoms with Crippen molar-refractivity contribution in [1.82, 2.24) is 4.90 Å². The van der Waals surface area contributed by atoms with E-state index >= 15 is 0 Å². The number of aliphatic carboxylic acids is 1. The van der Waals surface area contributed by atoms with Crippen LogP contribution in [0.25, 0.3) is 0 Å². The molecule has 2 aromatic carbocycles. The van der Waals surface area contributed by atoms with Gasteiger partial charge in [0.25, 0.3) is 5.91 Å². The average molecular weight is 353 g/mol. The number of carbonyl (C=O) groups is 2. The number of hydrogen-bond donors (Lipinski definition) is 1. The molecule has 5 nitrogen and oxygen atoms in total. The first kappa shape index (κ1) is 18.1. The first-order valence-corrected chi connectivity index (χ1v) is 8.78. The van der Waals surface area contributed by atoms with Gasteiger partial charge in [0.2, 0.25) is 0 Å². The lowest BCUT2D eigenvalue weighted by Gasteiger charge is -2.35. The maximum Gasteiger partial charge on any atom is 0.305 e. The third-order valence-electron chi connectivity index (χ3n) is 4.66. The molecule has 1 aliphatic heterocycles. The van der Waals surface area contributed by atoms with Crippen LogP contribution in [-0.2, 0) is 16.0 Å². The predicted octanol–water partition coefficient (Wildman–Crippen LogP) is 2.90. The zero-order chi connectivity index (χ0) is 18.5. The van der Waals surface area contributed by atoms with Gasteiger partial charge in [-0.15, -0.1) is 0 Å². The summed E-state index contributed by atoms with van der Waals surface area (Å²) < 4.78 is 5.38. The summed E-state index contributed by atoms with van der Waals surface area (Å²) in [4.78, 5) is 25.9. The van der Waals surface area contributed by atoms with Gasteiger partial charge >= 0.3 is 5.97 Å². The first-order chi connectivity index (χ1) is 12.5. The van der Waals surface area contributed by atoms with Crippen LogP contribution in [0.4, 0.5) is 0 Å². The topological polar surface area (TPSA) is 66.8 Å². The summed E-state index contributed by atoms with van der Waals surface area (Å²) in [5.41, 5.74) is 3.91. The molecule has 1 N–H and O–H groups in total. The molecule has 1 heterocycles. The highest BCUT2D eigenvalue weighted by atomic mass is 16.5. The van der Waals surface area contributed by atoms with E-state index in [0.29, 0.717) is 25.1 Å². The molecule has 5 heteroatoms. The second-order valence-corrected chi connectivity index (χ2v) is 6.64. The van der Waals surface area contributed by atoms with Gasteiger partial charge in [-0.2, -0.15) is 0 Å². The van der Waals surface area contributed by atoms with Crippen LogP contribution in [0, 0.1) is 6.92 Å². The summed E-state index contributed by atoms with van der Waals surface area (Å²) >= 11 is 0. The Kier molecular flexibility index (Phi) is 5.68. The molecule has 1 atom stereocenters. The number of amides is 1. The van der Waals surface area contributed by atoms with E-state index in [2.05, 4.69) is 24.3 Å². The largest absolute Gasteiger partial charge is 0.481 e. The Morgan fingerprint density at radius 3 is 2.62 bits per heavy atom. The zero-order valence-corrected chi connectivity index (χ0v) is 14.9. The van der Waals surface area contributed by atoms with Crippen LogP contribution < -0.4 is 0 Å². The molecule has 1 aliphatic rings. The van der Waals surface area contributed by atoms with Crippen LogP contribution in [0.15, 0.2) is 48.5 Å². The fraction of sp³-hybridized carbons (Fsp3) is 0.333. The van der Waals surface area contributed by atoms with Crippen molar-refractivity contribution in [1.29, 1.82) is 0 Å². The van der Waals surface area contributed by atoms with Gasteiger partial charge in [0.1, 0.15) is 0 Å². The molecule has 136 valence electrons. The van der Waals surface area contributed by atoms with Crippen molar-refractivity contribution in [2.75, 3.05) is 19.8 Å². The van der Waals surface area contributed by atoms with Crippen molar-refractivity contribution in [3.05, 3.63) is 70.8 Å². The normalized spacial score (nSPS) is 17.1. The Morgan fingerprint density at radius 2 is 1.88 bits per heavy atom. The molecule has 1 saturated heterocycles. The predicted molar refractivity (Wildman–Crippen MR) is 98.3 cm³/mol. The maximum absolute atomic E-state index is 13.1. The first-order valence-electron chi connectivity index (χ1n) is 8.78. The molecule has 0 bridgehead atoms. The van der Waals surface area contributed by atoms with Gasteiger partial charge in [0.05, 0.1) is 25.7 Å². The molecule has 0 aliphatic carbocycles. The van der Waals surface area contributed by atoms with E-state index in [-0.39, 0.29) is 18.9 Å². The molecular weight excluding hydrogens is 330 g/mol. The van der Waals surface area contributed by atoms with Crippen LogP contribution >= 0.6 is 0 Å². The van der Waals surface area contributed by atoms with Gasteiger partial charge in [-0.3, -0.25) is 9.59 Å². The van der Waals surface area contributed by atoms with Crippen molar-refractivity contribution >= 4 is 11.9 Å². The number of ether oxygens (including phenoxy) is 1. The highest BCUT2D eigenvalue weighted by molar-refractivity contribution is 5.96. The molecule has 0 saturated carbocycles. The van der Waals surface area contributed by atoms with Crippen molar-refractivity contribution in [2.24, 2.45) is 0 Å². The van der Waals surface area contributed by atoms with Gasteiger partial charge in [0.15, 0.2) is 0 Å². The number of carbonyl (C=O) groups excluding carboxylic acids is 1. The number of rotatable bonds is 5. The van der Waals surface area contributed by atoms with Crippen LogP contribution in [0.3, 0.4) is 0 Å². The number of nitrogens with zero attached hydrogens (tertiary/aromatic N) is 1. The van der Waals surface area contributed by atoms with Crippen LogP contribution in [0.5, 0.6) is 0 Å². The van der Waals surface area contributed by atoms with Gasteiger partial charge in [-0.05, 0) is 30.5 Å². The fourth-order valence-corrected chi connectivity index (χ4v) is 3.26. The van der Waals surface area contributed by atoms with Crippen LogP contribution in [-0.4, -0.2) is 47.7 Å². The molecule has 0 spiro atoms. The lowest BCUT2D eigenvalue weighted by Crippen LogP contribution is -2.49. The second-order valence-electron chi connectivity index (χ2n) is 6.64. The molecule has 3 rings (SSSR count). The van der Waals surface area contributed by atoms with E-state index < -0.39 is 12.0 Å². The highest BCUT2D eigenvalue weighted by Gasteiger charge is 2.30. The van der Waals surface area contributed by atoms with Crippen molar-refractivity contribution in [2.45, 2.75) is 25.8 Å². The maximum atomic E-state index is 13.1. The molecule has 2 aromatic rings. The lowest BCUT2D eigenvalue weighted by atomic mass is 9.97. The lowest BCUT2D eigenvalue weighted by molar-refractivity contribution is -0.139. The standard InChI is InChI=1S/C21H23NO4/c1-15-6-8-16(9-7-15)12-17-4-2-3-5-19(17)21(25)22-10-11-26-14-18(22)13-20(23)24/h2-9,18H,10-14H2,1H3,(H,23,24). The Morgan fingerprint density at radius 1 is 1.15 bits per heavy atom. The highest BCUT2D eigenvalue weighted by Crippen LogP contribution is 2.20. The number of hydrogen-bond acceptors (Lipinski definition) is 3. The van der Waals surface area contributed by atoms with Crippen molar-refractivity contribution in [3.63, 3.8) is 0 Å². The average Bonchev–Trinajstić information content (AvgIpc) is 2.63. The summed E-state index contributed by atoms with van der Waals surface area (Å²) in [5.74, 6) is -1.05. The smallest absolute Gasteiger partial charge is 0.305 e. The number of carboxylic acid groups (broad SMARTS) is 1. The van der Waals surface area contributed by atoms with Gasteiger partial charge in [-0.1, -0.05) is 48.0 Å². The molecule has 1 unspecified atom stereocenters. The van der Waals surface area contributed by atoms with Crippen molar-refractivity contribution < 1.29 is 19.4 Å². The summed E-state index contributed by atoms with van der Waals surface area (Å²) in [5, 5.41) is 9.11. The van der Waals surface area contributed by atoms with E-state index in [0.717, 1.165) is 11.1 Å². The second kappa shape index (κ2) is 8.15. The van der Waals surface area contributed by atoms with E-state index in [1.54, 1.807) is 4.90 Å². The Hall–Kier alpha value is -2.66. The number of aryl methyl sites for hydroxylation is 1. The van der Waals surface area contributed by atoms with E-state index in [9.17, 15) is 9.59 Å². The summed E-state index contributed by atoms with van der Waals surface area (Å²) in [6, 6.07) is 15.4. The van der Waals surface area contributed by atoms with E-state index in [1.165, 1.54) is 5.56 Å². The van der Waals surface area contributed by atoms with Gasteiger partial charge < -0.3 is 14.7 Å². The molecule has 0 radical (unpaired) electrons. The number of carboxylic acids is 1. The summed E-state index contributed by atoms with van der Waals surface area (Å²) in [6.45, 7) is 3.15. The molecular formula is C21H23NO4. The quantitative estimate of drug-likeness (QED) is 0.897. The summed E-state index contributed by atoms with van der Waals surface area (Å²) in [7, 11) is 0. The monoisotopic (exact) mass is 353 g/mol. The van der Waals surface area contributed by atoms with Gasteiger partial charge in [0, 0.05) is 12.1 Å². The zero-order valence-electron chi connectivity index (χ0n) is 14.9. The fourth-order valence-electron chi connectivity index (χ4n) is 3.26. The number of benzene rings is 2. The number of morpholine rings is 1. The Labute approximate surface area is 153 Å². The van der Waals surface area contributed by atoms with Gasteiger partial charge in [-0.25, -0.2) is 0 Å². The molecule has 1 amide bonds. The third-order valence-corrected chi connectivity index (χ3v) is 4.66. The van der Waals surface area contributed by atoms with E-state index in [1.807, 2.05) is 31.2 Å². The summed E-state index contributed by atoms with van der Waals surface area (Å²) in [6.07, 6.45) is 0.558. The van der Waals surface area contributed by atoms with Crippen LogP contribution in [0.2, 0.25) is 0 Å². The Balaban J connectivity index is 1.84. The minimum atomic E-state index is -0.925. The SMILES string of the molecule is Cc1ccc(Cc2ccccc2C(=O)N2CCOCC2CC(=O)O)cc1. The third kappa shape index (κ3) is 4.29. The van der Waals surface area contributed by atoms with E-state index in [4.69, 9.17) is 9.84 Å². The van der Waals surface area contributed by atoms with Crippen molar-refractivity contribution in [3.8, 4) is 0 Å². The minimum absolute atomic E-state index is 0.105. The minimum Gasteiger partial charge on any atom is -0.481 e.